The number of halogens is 2. The Hall–Kier alpha value is -0.400. The van der Waals surface area contributed by atoms with Gasteiger partial charge in [-0.2, -0.15) is 0 Å². The zero-order chi connectivity index (χ0) is 10.0. The van der Waals surface area contributed by atoms with Gasteiger partial charge >= 0.3 is 0 Å². The third-order valence-electron chi connectivity index (χ3n) is 2.18. The van der Waals surface area contributed by atoms with Gasteiger partial charge in [-0.25, -0.2) is 0 Å². The molecule has 0 bridgehead atoms. The van der Waals surface area contributed by atoms with Crippen LogP contribution in [0, 0.1) is 6.92 Å². The molecule has 0 aliphatic heterocycles. The Kier molecular flexibility index (Phi) is 3.46. The quantitative estimate of drug-likeness (QED) is 0.793. The Morgan fingerprint density at radius 1 is 1.38 bits per heavy atom. The molecule has 1 N–H and O–H groups in total. The highest BCUT2D eigenvalue weighted by Crippen LogP contribution is 2.33. The van der Waals surface area contributed by atoms with Crippen LogP contribution in [0.4, 0.5) is 5.69 Å². The Morgan fingerprint density at radius 3 is 2.46 bits per heavy atom. The summed E-state index contributed by atoms with van der Waals surface area (Å²) in [7, 11) is 1.86. The molecule has 72 valence electrons. The van der Waals surface area contributed by atoms with Crippen molar-refractivity contribution in [2.45, 2.75) is 20.3 Å². The molecule has 0 aromatic heterocycles. The van der Waals surface area contributed by atoms with E-state index >= 15 is 0 Å². The molecule has 0 aliphatic rings. The van der Waals surface area contributed by atoms with Gasteiger partial charge in [-0.05, 0) is 30.5 Å². The van der Waals surface area contributed by atoms with Gasteiger partial charge < -0.3 is 5.32 Å². The topological polar surface area (TPSA) is 12.0 Å². The van der Waals surface area contributed by atoms with E-state index in [0.717, 1.165) is 33.3 Å². The number of benzene rings is 1. The highest BCUT2D eigenvalue weighted by atomic mass is 35.5. The second-order valence-electron chi connectivity index (χ2n) is 2.93. The summed E-state index contributed by atoms with van der Waals surface area (Å²) >= 11 is 12.2. The van der Waals surface area contributed by atoms with Gasteiger partial charge in [0.15, 0.2) is 0 Å². The lowest BCUT2D eigenvalue weighted by Gasteiger charge is -2.12. The largest absolute Gasteiger partial charge is 0.388 e. The highest BCUT2D eigenvalue weighted by Gasteiger charge is 2.10. The summed E-state index contributed by atoms with van der Waals surface area (Å²) in [6, 6.07) is 1.92. The average molecular weight is 218 g/mol. The third kappa shape index (κ3) is 1.92. The van der Waals surface area contributed by atoms with E-state index in [2.05, 4.69) is 5.32 Å². The normalized spacial score (nSPS) is 10.2. The predicted octanol–water partition coefficient (Wildman–Crippen LogP) is 3.91. The SMILES string of the molecule is CCc1c(Cl)cc(NC)c(C)c1Cl. The van der Waals surface area contributed by atoms with Crippen molar-refractivity contribution in [1.82, 2.24) is 0 Å². The van der Waals surface area contributed by atoms with Crippen molar-refractivity contribution in [2.75, 3.05) is 12.4 Å². The first-order valence-electron chi connectivity index (χ1n) is 4.27. The molecule has 1 rings (SSSR count). The maximum absolute atomic E-state index is 6.16. The van der Waals surface area contributed by atoms with Crippen molar-refractivity contribution < 1.29 is 0 Å². The summed E-state index contributed by atoms with van der Waals surface area (Å²) in [5.74, 6) is 0. The van der Waals surface area contributed by atoms with Gasteiger partial charge in [-0.3, -0.25) is 0 Å². The van der Waals surface area contributed by atoms with E-state index in [4.69, 9.17) is 23.2 Å². The molecule has 0 spiro atoms. The van der Waals surface area contributed by atoms with Crippen LogP contribution >= 0.6 is 23.2 Å². The maximum atomic E-state index is 6.16. The molecule has 0 unspecified atom stereocenters. The molecule has 0 saturated heterocycles. The van der Waals surface area contributed by atoms with Gasteiger partial charge in [0.1, 0.15) is 0 Å². The number of nitrogens with one attached hydrogen (secondary N) is 1. The first-order valence-corrected chi connectivity index (χ1v) is 5.02. The number of rotatable bonds is 2. The van der Waals surface area contributed by atoms with Crippen LogP contribution < -0.4 is 5.32 Å². The fourth-order valence-corrected chi connectivity index (χ4v) is 2.08. The second kappa shape index (κ2) is 4.21. The van der Waals surface area contributed by atoms with Crippen LogP contribution in [0.3, 0.4) is 0 Å². The lowest BCUT2D eigenvalue weighted by Crippen LogP contribution is -1.96. The minimum absolute atomic E-state index is 0.738. The van der Waals surface area contributed by atoms with Gasteiger partial charge in [0.2, 0.25) is 0 Å². The van der Waals surface area contributed by atoms with Crippen LogP contribution in [0.5, 0.6) is 0 Å². The van der Waals surface area contributed by atoms with E-state index in [1.807, 2.05) is 27.0 Å². The van der Waals surface area contributed by atoms with Crippen LogP contribution in [0.2, 0.25) is 10.0 Å². The average Bonchev–Trinajstić information content (AvgIpc) is 2.12. The van der Waals surface area contributed by atoms with Gasteiger partial charge in [-0.15, -0.1) is 0 Å². The lowest BCUT2D eigenvalue weighted by atomic mass is 10.1. The molecular weight excluding hydrogens is 205 g/mol. The monoisotopic (exact) mass is 217 g/mol. The van der Waals surface area contributed by atoms with Gasteiger partial charge in [-0.1, -0.05) is 30.1 Å². The van der Waals surface area contributed by atoms with E-state index in [0.29, 0.717) is 0 Å². The standard InChI is InChI=1S/C10H13Cl2N/c1-4-7-8(11)5-9(13-3)6(2)10(7)12/h5,13H,4H2,1-3H3. The van der Waals surface area contributed by atoms with Crippen molar-refractivity contribution in [2.24, 2.45) is 0 Å². The molecule has 1 aromatic rings. The van der Waals surface area contributed by atoms with E-state index < -0.39 is 0 Å². The van der Waals surface area contributed by atoms with Crippen molar-refractivity contribution in [3.05, 3.63) is 27.2 Å². The fourth-order valence-electron chi connectivity index (χ4n) is 1.36. The first-order chi connectivity index (χ1) is 6.11. The van der Waals surface area contributed by atoms with E-state index in [1.165, 1.54) is 0 Å². The van der Waals surface area contributed by atoms with Crippen LogP contribution in [-0.4, -0.2) is 7.05 Å². The molecule has 0 radical (unpaired) electrons. The summed E-state index contributed by atoms with van der Waals surface area (Å²) in [5, 5.41) is 4.57. The van der Waals surface area contributed by atoms with Crippen LogP contribution in [0.1, 0.15) is 18.1 Å². The van der Waals surface area contributed by atoms with Gasteiger partial charge in [0.25, 0.3) is 0 Å². The molecule has 0 amide bonds. The first kappa shape index (κ1) is 10.7. The van der Waals surface area contributed by atoms with E-state index in [-0.39, 0.29) is 0 Å². The lowest BCUT2D eigenvalue weighted by molar-refractivity contribution is 1.13. The Labute approximate surface area is 89.0 Å². The Bertz CT molecular complexity index is 321. The van der Waals surface area contributed by atoms with Crippen LogP contribution in [0.25, 0.3) is 0 Å². The minimum Gasteiger partial charge on any atom is -0.388 e. The number of hydrogen-bond acceptors (Lipinski definition) is 1. The van der Waals surface area contributed by atoms with Crippen molar-refractivity contribution in [1.29, 1.82) is 0 Å². The number of hydrogen-bond donors (Lipinski definition) is 1. The molecule has 13 heavy (non-hydrogen) atoms. The molecule has 1 aromatic carbocycles. The summed E-state index contributed by atoms with van der Waals surface area (Å²) in [6.45, 7) is 4.04. The van der Waals surface area contributed by atoms with Gasteiger partial charge in [0, 0.05) is 17.8 Å². The van der Waals surface area contributed by atoms with Crippen molar-refractivity contribution in [3.63, 3.8) is 0 Å². The van der Waals surface area contributed by atoms with Crippen molar-refractivity contribution >= 4 is 28.9 Å². The van der Waals surface area contributed by atoms with Crippen molar-refractivity contribution in [3.8, 4) is 0 Å². The molecule has 1 nitrogen and oxygen atoms in total. The minimum atomic E-state index is 0.738. The molecule has 0 fully saturated rings. The smallest absolute Gasteiger partial charge is 0.0502 e. The fraction of sp³-hybridized carbons (Fsp3) is 0.400. The molecule has 0 saturated carbocycles. The maximum Gasteiger partial charge on any atom is 0.0502 e. The molecule has 0 heterocycles. The molecule has 0 aliphatic carbocycles. The Morgan fingerprint density at radius 2 is 2.00 bits per heavy atom. The Balaban J connectivity index is 3.37. The van der Waals surface area contributed by atoms with Crippen LogP contribution in [-0.2, 0) is 6.42 Å². The zero-order valence-corrected chi connectivity index (χ0v) is 9.55. The molecular formula is C10H13Cl2N. The van der Waals surface area contributed by atoms with Gasteiger partial charge in [0.05, 0.1) is 5.02 Å². The highest BCUT2D eigenvalue weighted by molar-refractivity contribution is 6.37. The second-order valence-corrected chi connectivity index (χ2v) is 3.71. The summed E-state index contributed by atoms with van der Waals surface area (Å²) in [5.41, 5.74) is 3.08. The molecule has 0 atom stereocenters. The third-order valence-corrected chi connectivity index (χ3v) is 3.03. The van der Waals surface area contributed by atoms with Crippen LogP contribution in [0.15, 0.2) is 6.07 Å². The summed E-state index contributed by atoms with van der Waals surface area (Å²) in [4.78, 5) is 0. The van der Waals surface area contributed by atoms with E-state index in [9.17, 15) is 0 Å². The number of anilines is 1. The predicted molar refractivity (Wildman–Crippen MR) is 60.1 cm³/mol. The zero-order valence-electron chi connectivity index (χ0n) is 8.04. The van der Waals surface area contributed by atoms with E-state index in [1.54, 1.807) is 0 Å². The summed E-state index contributed by atoms with van der Waals surface area (Å²) in [6.07, 6.45) is 0.864. The molecule has 3 heteroatoms. The summed E-state index contributed by atoms with van der Waals surface area (Å²) < 4.78 is 0.